The maximum absolute atomic E-state index is 11.1. The quantitative estimate of drug-likeness (QED) is 0.252. The van der Waals surface area contributed by atoms with Crippen LogP contribution in [0.3, 0.4) is 0 Å². The van der Waals surface area contributed by atoms with Crippen LogP contribution in [0.5, 0.6) is 5.75 Å². The number of hydrogen-bond acceptors (Lipinski definition) is 2. The van der Waals surface area contributed by atoms with Gasteiger partial charge < -0.3 is 10.0 Å². The summed E-state index contributed by atoms with van der Waals surface area (Å²) >= 11 is 0. The molecule has 0 saturated carbocycles. The van der Waals surface area contributed by atoms with Crippen molar-refractivity contribution in [3.8, 4) is 39.1 Å². The molecule has 6 aromatic rings. The lowest BCUT2D eigenvalue weighted by Gasteiger charge is -2.26. The van der Waals surface area contributed by atoms with Gasteiger partial charge in [-0.3, -0.25) is 0 Å². The molecule has 0 radical (unpaired) electrons. The van der Waals surface area contributed by atoms with Gasteiger partial charge in [-0.25, -0.2) is 0 Å². The summed E-state index contributed by atoms with van der Waals surface area (Å²) in [5.41, 5.74) is 9.48. The number of aromatic hydroxyl groups is 1. The Morgan fingerprint density at radius 1 is 0.368 bits per heavy atom. The molecule has 2 heteroatoms. The van der Waals surface area contributed by atoms with Crippen molar-refractivity contribution < 1.29 is 5.11 Å². The van der Waals surface area contributed by atoms with E-state index >= 15 is 0 Å². The second-order valence-corrected chi connectivity index (χ2v) is 9.20. The minimum absolute atomic E-state index is 0.219. The van der Waals surface area contributed by atoms with E-state index in [4.69, 9.17) is 0 Å². The number of para-hydroxylation sites is 2. The Kier molecular flexibility index (Phi) is 6.44. The van der Waals surface area contributed by atoms with Gasteiger partial charge in [0.05, 0.1) is 5.69 Å². The average Bonchev–Trinajstić information content (AvgIpc) is 2.99. The smallest absolute Gasteiger partial charge is 0.118 e. The zero-order valence-electron chi connectivity index (χ0n) is 20.9. The lowest BCUT2D eigenvalue weighted by Crippen LogP contribution is -2.09. The SMILES string of the molecule is Oc1cc(-c2c(-c3ccccc3)cccc2-c2ccccc2)cc(N(c2ccccc2)c2ccccc2)c1. The van der Waals surface area contributed by atoms with Gasteiger partial charge in [-0.05, 0) is 69.8 Å². The fourth-order valence-corrected chi connectivity index (χ4v) is 5.05. The molecule has 0 aliphatic carbocycles. The molecule has 1 N–H and O–H groups in total. The molecule has 182 valence electrons. The monoisotopic (exact) mass is 489 g/mol. The summed E-state index contributed by atoms with van der Waals surface area (Å²) in [7, 11) is 0. The number of hydrogen-bond donors (Lipinski definition) is 1. The van der Waals surface area contributed by atoms with Gasteiger partial charge in [0.2, 0.25) is 0 Å². The maximum Gasteiger partial charge on any atom is 0.118 e. The number of nitrogens with zero attached hydrogens (tertiary/aromatic N) is 1. The third-order valence-electron chi connectivity index (χ3n) is 6.71. The molecular formula is C36H27NO. The first-order valence-corrected chi connectivity index (χ1v) is 12.8. The van der Waals surface area contributed by atoms with Gasteiger partial charge in [-0.15, -0.1) is 0 Å². The molecule has 0 saturated heterocycles. The molecule has 0 unspecified atom stereocenters. The van der Waals surface area contributed by atoms with Crippen LogP contribution in [0, 0.1) is 0 Å². The van der Waals surface area contributed by atoms with E-state index in [1.807, 2.05) is 60.7 Å². The van der Waals surface area contributed by atoms with Gasteiger partial charge in [0.15, 0.2) is 0 Å². The Morgan fingerprint density at radius 3 is 1.29 bits per heavy atom. The molecule has 0 aliphatic rings. The van der Waals surface area contributed by atoms with Gasteiger partial charge in [-0.1, -0.05) is 115 Å². The molecular weight excluding hydrogens is 462 g/mol. The van der Waals surface area contributed by atoms with Crippen LogP contribution in [0.15, 0.2) is 158 Å². The molecule has 6 aromatic carbocycles. The Labute approximate surface area is 223 Å². The van der Waals surface area contributed by atoms with E-state index in [0.29, 0.717) is 0 Å². The number of anilines is 3. The third kappa shape index (κ3) is 4.68. The van der Waals surface area contributed by atoms with Crippen LogP contribution in [-0.4, -0.2) is 5.11 Å². The van der Waals surface area contributed by atoms with Crippen LogP contribution in [0.1, 0.15) is 0 Å². The maximum atomic E-state index is 11.1. The van der Waals surface area contributed by atoms with E-state index in [9.17, 15) is 5.11 Å². The summed E-state index contributed by atoms with van der Waals surface area (Å²) in [4.78, 5) is 2.18. The van der Waals surface area contributed by atoms with Crippen LogP contribution in [0.2, 0.25) is 0 Å². The highest BCUT2D eigenvalue weighted by Crippen LogP contribution is 2.44. The minimum Gasteiger partial charge on any atom is -0.508 e. The second kappa shape index (κ2) is 10.5. The third-order valence-corrected chi connectivity index (χ3v) is 6.71. The van der Waals surface area contributed by atoms with Gasteiger partial charge >= 0.3 is 0 Å². The first kappa shape index (κ1) is 23.3. The fraction of sp³-hybridized carbons (Fsp3) is 0. The van der Waals surface area contributed by atoms with Gasteiger partial charge in [0, 0.05) is 17.4 Å². The van der Waals surface area contributed by atoms with E-state index < -0.39 is 0 Å². The summed E-state index contributed by atoms with van der Waals surface area (Å²) in [5, 5.41) is 11.1. The van der Waals surface area contributed by atoms with E-state index in [0.717, 1.165) is 50.4 Å². The summed E-state index contributed by atoms with van der Waals surface area (Å²) in [6, 6.07) is 53.7. The van der Waals surface area contributed by atoms with Crippen molar-refractivity contribution in [3.63, 3.8) is 0 Å². The molecule has 0 fully saturated rings. The van der Waals surface area contributed by atoms with Crippen LogP contribution in [0.4, 0.5) is 17.1 Å². The summed E-state index contributed by atoms with van der Waals surface area (Å²) in [6.07, 6.45) is 0. The predicted molar refractivity (Wildman–Crippen MR) is 159 cm³/mol. The van der Waals surface area contributed by atoms with Crippen molar-refractivity contribution in [3.05, 3.63) is 158 Å². The van der Waals surface area contributed by atoms with Gasteiger partial charge in [-0.2, -0.15) is 0 Å². The minimum atomic E-state index is 0.219. The first-order valence-electron chi connectivity index (χ1n) is 12.8. The Morgan fingerprint density at radius 2 is 0.816 bits per heavy atom. The van der Waals surface area contributed by atoms with Crippen molar-refractivity contribution >= 4 is 17.1 Å². The lowest BCUT2D eigenvalue weighted by molar-refractivity contribution is 0.476. The Bertz CT molecular complexity index is 1550. The average molecular weight is 490 g/mol. The van der Waals surface area contributed by atoms with Crippen LogP contribution in [-0.2, 0) is 0 Å². The molecule has 0 bridgehead atoms. The molecule has 0 amide bonds. The predicted octanol–water partition coefficient (Wildman–Crippen LogP) is 9.86. The molecule has 0 atom stereocenters. The van der Waals surface area contributed by atoms with E-state index in [-0.39, 0.29) is 5.75 Å². The van der Waals surface area contributed by atoms with E-state index in [1.165, 1.54) is 0 Å². The number of rotatable bonds is 6. The molecule has 6 rings (SSSR count). The normalized spacial score (nSPS) is 10.7. The highest BCUT2D eigenvalue weighted by Gasteiger charge is 2.18. The zero-order chi connectivity index (χ0) is 25.7. The Hall–Kier alpha value is -5.08. The van der Waals surface area contributed by atoms with Gasteiger partial charge in [0.25, 0.3) is 0 Å². The fourth-order valence-electron chi connectivity index (χ4n) is 5.05. The van der Waals surface area contributed by atoms with Crippen LogP contribution < -0.4 is 4.90 Å². The molecule has 0 aliphatic heterocycles. The summed E-state index contributed by atoms with van der Waals surface area (Å²) in [6.45, 7) is 0. The second-order valence-electron chi connectivity index (χ2n) is 9.20. The highest BCUT2D eigenvalue weighted by molar-refractivity contribution is 5.96. The molecule has 2 nitrogen and oxygen atoms in total. The van der Waals surface area contributed by atoms with E-state index in [1.54, 1.807) is 0 Å². The lowest BCUT2D eigenvalue weighted by atomic mass is 9.87. The van der Waals surface area contributed by atoms with Crippen molar-refractivity contribution in [2.45, 2.75) is 0 Å². The highest BCUT2D eigenvalue weighted by atomic mass is 16.3. The molecule has 0 heterocycles. The van der Waals surface area contributed by atoms with Crippen molar-refractivity contribution in [2.24, 2.45) is 0 Å². The summed E-state index contributed by atoms with van der Waals surface area (Å²) in [5.74, 6) is 0.219. The Balaban J connectivity index is 1.61. The number of phenolic OH excluding ortho intramolecular Hbond substituents is 1. The molecule has 0 spiro atoms. The van der Waals surface area contributed by atoms with Crippen LogP contribution >= 0.6 is 0 Å². The van der Waals surface area contributed by atoms with Gasteiger partial charge in [0.1, 0.15) is 5.75 Å². The zero-order valence-corrected chi connectivity index (χ0v) is 20.9. The molecule has 38 heavy (non-hydrogen) atoms. The van der Waals surface area contributed by atoms with E-state index in [2.05, 4.69) is 102 Å². The summed E-state index contributed by atoms with van der Waals surface area (Å²) < 4.78 is 0. The van der Waals surface area contributed by atoms with Crippen molar-refractivity contribution in [1.29, 1.82) is 0 Å². The standard InChI is InChI=1S/C36H27NO/c38-33-25-29(24-32(26-33)37(30-18-9-3-10-19-30)31-20-11-4-12-21-31)36-34(27-14-5-1-6-15-27)22-13-23-35(36)28-16-7-2-8-17-28/h1-26,38H. The topological polar surface area (TPSA) is 23.5 Å². The van der Waals surface area contributed by atoms with Crippen molar-refractivity contribution in [2.75, 3.05) is 4.90 Å². The first-order chi connectivity index (χ1) is 18.8. The number of phenols is 1. The largest absolute Gasteiger partial charge is 0.508 e. The van der Waals surface area contributed by atoms with Crippen molar-refractivity contribution in [1.82, 2.24) is 0 Å². The number of benzene rings is 6. The molecule has 0 aromatic heterocycles. The van der Waals surface area contributed by atoms with Crippen LogP contribution in [0.25, 0.3) is 33.4 Å².